The van der Waals surface area contributed by atoms with Crippen LogP contribution in [0.1, 0.15) is 12.8 Å². The molecule has 14 heavy (non-hydrogen) atoms. The monoisotopic (exact) mass is 194 g/mol. The Labute approximate surface area is 83.5 Å². The van der Waals surface area contributed by atoms with Gasteiger partial charge in [-0.15, -0.1) is 0 Å². The van der Waals surface area contributed by atoms with E-state index in [0.717, 1.165) is 31.6 Å². The molecule has 1 aliphatic heterocycles. The Bertz CT molecular complexity index is 314. The molecule has 0 aromatic heterocycles. The molecular formula is C11H15FN2. The van der Waals surface area contributed by atoms with Crippen LogP contribution in [0.25, 0.3) is 0 Å². The van der Waals surface area contributed by atoms with Crippen LogP contribution < -0.4 is 10.6 Å². The zero-order chi connectivity index (χ0) is 9.97. The van der Waals surface area contributed by atoms with Crippen molar-refractivity contribution >= 4 is 5.69 Å². The molecule has 0 bridgehead atoms. The van der Waals surface area contributed by atoms with Crippen LogP contribution in [0.4, 0.5) is 10.1 Å². The Balaban J connectivity index is 2.14. The number of nitrogens with two attached hydrogens (primary N) is 1. The molecule has 1 aromatic rings. The summed E-state index contributed by atoms with van der Waals surface area (Å²) in [5, 5.41) is 0. The minimum atomic E-state index is -0.179. The second kappa shape index (κ2) is 3.96. The van der Waals surface area contributed by atoms with Crippen molar-refractivity contribution in [2.24, 2.45) is 5.73 Å². The van der Waals surface area contributed by atoms with Crippen molar-refractivity contribution in [1.82, 2.24) is 0 Å². The van der Waals surface area contributed by atoms with E-state index < -0.39 is 0 Å². The van der Waals surface area contributed by atoms with Crippen LogP contribution in [0.2, 0.25) is 0 Å². The van der Waals surface area contributed by atoms with Crippen LogP contribution >= 0.6 is 0 Å². The van der Waals surface area contributed by atoms with Gasteiger partial charge >= 0.3 is 0 Å². The lowest BCUT2D eigenvalue weighted by molar-refractivity contribution is 0.505. The molecule has 1 saturated heterocycles. The quantitative estimate of drug-likeness (QED) is 0.738. The fourth-order valence-corrected chi connectivity index (χ4v) is 1.92. The Morgan fingerprint density at radius 2 is 2.29 bits per heavy atom. The fraction of sp³-hybridized carbons (Fsp3) is 0.455. The molecule has 1 atom stereocenters. The van der Waals surface area contributed by atoms with Gasteiger partial charge < -0.3 is 10.6 Å². The molecule has 3 heteroatoms. The van der Waals surface area contributed by atoms with Gasteiger partial charge in [-0.2, -0.15) is 0 Å². The minimum Gasteiger partial charge on any atom is -0.370 e. The molecule has 2 N–H and O–H groups in total. The first-order chi connectivity index (χ1) is 6.75. The molecule has 1 aromatic carbocycles. The van der Waals surface area contributed by atoms with Crippen molar-refractivity contribution in [1.29, 1.82) is 0 Å². The number of benzene rings is 1. The standard InChI is InChI=1S/C11H15FN2/c12-9-3-1-5-11(7-9)14-6-2-4-10(13)8-14/h1,3,5,7,10H,2,4,6,8,13H2/t10-/m1/s1. The third-order valence-electron chi connectivity index (χ3n) is 2.63. The van der Waals surface area contributed by atoms with Gasteiger partial charge in [-0.25, -0.2) is 4.39 Å². The van der Waals surface area contributed by atoms with Crippen molar-refractivity contribution in [3.05, 3.63) is 30.1 Å². The van der Waals surface area contributed by atoms with Crippen molar-refractivity contribution < 1.29 is 4.39 Å². The molecule has 0 spiro atoms. The predicted molar refractivity (Wildman–Crippen MR) is 55.8 cm³/mol. The average Bonchev–Trinajstić information content (AvgIpc) is 2.18. The first kappa shape index (κ1) is 9.46. The summed E-state index contributed by atoms with van der Waals surface area (Å²) < 4.78 is 13.0. The van der Waals surface area contributed by atoms with E-state index in [4.69, 9.17) is 5.73 Å². The zero-order valence-electron chi connectivity index (χ0n) is 8.12. The van der Waals surface area contributed by atoms with Crippen molar-refractivity contribution in [2.45, 2.75) is 18.9 Å². The second-order valence-corrected chi connectivity index (χ2v) is 3.83. The maximum absolute atomic E-state index is 13.0. The molecule has 0 saturated carbocycles. The number of halogens is 1. The predicted octanol–water partition coefficient (Wildman–Crippen LogP) is 1.75. The average molecular weight is 194 g/mol. The number of anilines is 1. The molecule has 1 fully saturated rings. The van der Waals surface area contributed by atoms with Gasteiger partial charge in [-0.3, -0.25) is 0 Å². The summed E-state index contributed by atoms with van der Waals surface area (Å²) in [6.45, 7) is 1.82. The molecule has 0 radical (unpaired) electrons. The lowest BCUT2D eigenvalue weighted by Crippen LogP contribution is -2.42. The van der Waals surface area contributed by atoms with Gasteiger partial charge in [0.25, 0.3) is 0 Å². The third-order valence-corrected chi connectivity index (χ3v) is 2.63. The fourth-order valence-electron chi connectivity index (χ4n) is 1.92. The van der Waals surface area contributed by atoms with Crippen molar-refractivity contribution in [3.63, 3.8) is 0 Å². The van der Waals surface area contributed by atoms with Gasteiger partial charge in [0.05, 0.1) is 0 Å². The lowest BCUT2D eigenvalue weighted by atomic mass is 10.1. The number of nitrogens with zero attached hydrogens (tertiary/aromatic N) is 1. The van der Waals surface area contributed by atoms with E-state index in [1.54, 1.807) is 12.1 Å². The third kappa shape index (κ3) is 2.04. The molecule has 0 unspecified atom stereocenters. The van der Waals surface area contributed by atoms with E-state index >= 15 is 0 Å². The number of hydrogen-bond acceptors (Lipinski definition) is 2. The van der Waals surface area contributed by atoms with Gasteiger partial charge in [0.1, 0.15) is 5.82 Å². The topological polar surface area (TPSA) is 29.3 Å². The summed E-state index contributed by atoms with van der Waals surface area (Å²) >= 11 is 0. The van der Waals surface area contributed by atoms with Gasteiger partial charge in [0.15, 0.2) is 0 Å². The van der Waals surface area contributed by atoms with E-state index in [9.17, 15) is 4.39 Å². The summed E-state index contributed by atoms with van der Waals surface area (Å²) in [5.74, 6) is -0.179. The Hall–Kier alpha value is -1.09. The van der Waals surface area contributed by atoms with Crippen molar-refractivity contribution in [3.8, 4) is 0 Å². The normalized spacial score (nSPS) is 22.4. The molecular weight excluding hydrogens is 179 g/mol. The molecule has 0 aliphatic carbocycles. The molecule has 0 amide bonds. The van der Waals surface area contributed by atoms with Gasteiger partial charge in [0, 0.05) is 24.8 Å². The highest BCUT2D eigenvalue weighted by Crippen LogP contribution is 2.19. The lowest BCUT2D eigenvalue weighted by Gasteiger charge is -2.32. The van der Waals surface area contributed by atoms with E-state index in [1.165, 1.54) is 6.07 Å². The maximum Gasteiger partial charge on any atom is 0.125 e. The van der Waals surface area contributed by atoms with Gasteiger partial charge in [0.2, 0.25) is 0 Å². The van der Waals surface area contributed by atoms with Crippen LogP contribution in [-0.2, 0) is 0 Å². The molecule has 2 rings (SSSR count). The van der Waals surface area contributed by atoms with Crippen LogP contribution in [0, 0.1) is 5.82 Å². The van der Waals surface area contributed by atoms with Crippen LogP contribution in [0.3, 0.4) is 0 Å². The van der Waals surface area contributed by atoms with E-state index in [2.05, 4.69) is 4.90 Å². The Morgan fingerprint density at radius 3 is 3.00 bits per heavy atom. The molecule has 1 heterocycles. The van der Waals surface area contributed by atoms with Crippen LogP contribution in [0.5, 0.6) is 0 Å². The molecule has 76 valence electrons. The summed E-state index contributed by atoms with van der Waals surface area (Å²) in [6.07, 6.45) is 2.17. The van der Waals surface area contributed by atoms with Crippen LogP contribution in [0.15, 0.2) is 24.3 Å². The van der Waals surface area contributed by atoms with Gasteiger partial charge in [-0.05, 0) is 31.0 Å². The van der Waals surface area contributed by atoms with Gasteiger partial charge in [-0.1, -0.05) is 6.07 Å². The summed E-state index contributed by atoms with van der Waals surface area (Å²) in [7, 11) is 0. The first-order valence-corrected chi connectivity index (χ1v) is 5.02. The maximum atomic E-state index is 13.0. The number of rotatable bonds is 1. The highest BCUT2D eigenvalue weighted by molar-refractivity contribution is 5.47. The molecule has 2 nitrogen and oxygen atoms in total. The van der Waals surface area contributed by atoms with Crippen LogP contribution in [-0.4, -0.2) is 19.1 Å². The largest absolute Gasteiger partial charge is 0.370 e. The summed E-state index contributed by atoms with van der Waals surface area (Å²) in [5.41, 5.74) is 6.81. The SMILES string of the molecule is N[C@@H]1CCCN(c2cccc(F)c2)C1. The Kier molecular flexibility index (Phi) is 2.68. The summed E-state index contributed by atoms with van der Waals surface area (Å²) in [4.78, 5) is 2.15. The van der Waals surface area contributed by atoms with E-state index in [0.29, 0.717) is 0 Å². The van der Waals surface area contributed by atoms with E-state index in [-0.39, 0.29) is 11.9 Å². The van der Waals surface area contributed by atoms with Crippen molar-refractivity contribution in [2.75, 3.05) is 18.0 Å². The number of piperidine rings is 1. The highest BCUT2D eigenvalue weighted by Gasteiger charge is 2.16. The molecule has 1 aliphatic rings. The highest BCUT2D eigenvalue weighted by atomic mass is 19.1. The first-order valence-electron chi connectivity index (χ1n) is 5.02. The summed E-state index contributed by atoms with van der Waals surface area (Å²) in [6, 6.07) is 6.93. The Morgan fingerprint density at radius 1 is 1.43 bits per heavy atom. The number of hydrogen-bond donors (Lipinski definition) is 1. The second-order valence-electron chi connectivity index (χ2n) is 3.83. The zero-order valence-corrected chi connectivity index (χ0v) is 8.12. The van der Waals surface area contributed by atoms with E-state index in [1.807, 2.05) is 6.07 Å². The smallest absolute Gasteiger partial charge is 0.125 e. The minimum absolute atomic E-state index is 0.179.